The lowest BCUT2D eigenvalue weighted by Crippen LogP contribution is -2.15. The van der Waals surface area contributed by atoms with Gasteiger partial charge in [0.15, 0.2) is 0 Å². The highest BCUT2D eigenvalue weighted by Crippen LogP contribution is 2.50. The summed E-state index contributed by atoms with van der Waals surface area (Å²) in [5.41, 5.74) is 7.67. The summed E-state index contributed by atoms with van der Waals surface area (Å²) in [5.74, 6) is 4.39. The first-order chi connectivity index (χ1) is 33.7. The summed E-state index contributed by atoms with van der Waals surface area (Å²) in [7, 11) is 0. The smallest absolute Gasteiger partial charge is 0.146 e. The van der Waals surface area contributed by atoms with Gasteiger partial charge in [0.2, 0.25) is 0 Å². The lowest BCUT2D eigenvalue weighted by atomic mass is 9.74. The van der Waals surface area contributed by atoms with Crippen LogP contribution in [-0.4, -0.2) is 19.9 Å². The third kappa shape index (κ3) is 7.25. The molecule has 4 heterocycles. The van der Waals surface area contributed by atoms with Crippen molar-refractivity contribution < 1.29 is 0 Å². The molecule has 68 heavy (non-hydrogen) atoms. The molecule has 6 heteroatoms. The van der Waals surface area contributed by atoms with Crippen molar-refractivity contribution in [1.82, 2.24) is 19.9 Å². The highest BCUT2D eigenvalue weighted by Gasteiger charge is 2.29. The van der Waals surface area contributed by atoms with Crippen LogP contribution >= 0.6 is 0 Å². The lowest BCUT2D eigenvalue weighted by molar-refractivity contribution is 0.445. The highest BCUT2D eigenvalue weighted by atomic mass is 15.2. The monoisotopic (exact) mass is 882 g/mol. The number of hydrogen-bond acceptors (Lipinski definition) is 6. The number of pyridine rings is 4. The Bertz CT molecular complexity index is 3580. The van der Waals surface area contributed by atoms with Crippen LogP contribution in [0, 0.1) is 0 Å². The first-order valence-corrected chi connectivity index (χ1v) is 25.0. The van der Waals surface area contributed by atoms with Gasteiger partial charge >= 0.3 is 0 Å². The second kappa shape index (κ2) is 17.3. The zero-order valence-electron chi connectivity index (χ0n) is 38.5. The van der Waals surface area contributed by atoms with Crippen molar-refractivity contribution >= 4 is 94.6 Å². The Morgan fingerprint density at radius 1 is 0.412 bits per heavy atom. The highest BCUT2D eigenvalue weighted by molar-refractivity contribution is 6.10. The number of aromatic nitrogens is 4. The molecular formula is C62H54N6. The summed E-state index contributed by atoms with van der Waals surface area (Å²) in [4.78, 5) is 25.4. The number of hydrogen-bond donors (Lipinski definition) is 0. The minimum Gasteiger partial charge on any atom is -0.279 e. The molecule has 0 atom stereocenters. The predicted octanol–water partition coefficient (Wildman–Crippen LogP) is 17.0. The summed E-state index contributed by atoms with van der Waals surface area (Å²) in [5, 5.41) is 12.3. The van der Waals surface area contributed by atoms with Gasteiger partial charge in [-0.15, -0.1) is 0 Å². The van der Waals surface area contributed by atoms with E-state index in [1.807, 2.05) is 18.6 Å². The molecule has 0 bridgehead atoms. The van der Waals surface area contributed by atoms with E-state index in [-0.39, 0.29) is 0 Å². The molecule has 6 aromatic carbocycles. The molecule has 0 unspecified atom stereocenters. The largest absolute Gasteiger partial charge is 0.279 e. The summed E-state index contributed by atoms with van der Waals surface area (Å²) in [6, 6.07) is 49.2. The topological polar surface area (TPSA) is 58.0 Å². The lowest BCUT2D eigenvalue weighted by Gasteiger charge is -2.32. The average Bonchev–Trinajstić information content (AvgIpc) is 3.40. The van der Waals surface area contributed by atoms with E-state index < -0.39 is 0 Å². The standard InChI is InChI=1S/C62H54N6/c1-3-16-42(17-4-1)60-53-29-27-50(67(57-33-44-20-7-10-23-47(44)38-64-57)58-34-45-21-8-11-24-48(45)39-65-58)36-55(53)61(43-18-5-2-6-19-43)56-37-51(28-30-54(56)60)68(59-35-46-22-9-12-25-49(46)40-66-59)62-52-26-14-13-15-41(52)31-32-63-62/h7-10,12-15,20-23,25-40,42-43H,1-6,11,16-19,24H2. The summed E-state index contributed by atoms with van der Waals surface area (Å²) < 4.78 is 0. The van der Waals surface area contributed by atoms with E-state index in [2.05, 4.69) is 162 Å². The van der Waals surface area contributed by atoms with Crippen LogP contribution in [0.1, 0.15) is 105 Å². The first-order valence-electron chi connectivity index (χ1n) is 25.0. The summed E-state index contributed by atoms with van der Waals surface area (Å²) in [6.45, 7) is 0. The maximum absolute atomic E-state index is 5.22. The van der Waals surface area contributed by atoms with Gasteiger partial charge in [0.25, 0.3) is 0 Å². The fourth-order valence-electron chi connectivity index (χ4n) is 12.0. The molecule has 0 N–H and O–H groups in total. The SMILES string of the molecule is C1=Cc2cc(N(c3ccc4c(C5CCCCC5)c5ccc(N(c6cc7ccccc7cn6)c6nccc7ccccc67)cc5c(C5CCCCC5)c4c3)c3cc4ccccc4cn3)ncc2CC1. The average molecular weight is 883 g/mol. The maximum Gasteiger partial charge on any atom is 0.146 e. The Balaban J connectivity index is 1.09. The summed E-state index contributed by atoms with van der Waals surface area (Å²) in [6.07, 6.45) is 27.1. The van der Waals surface area contributed by atoms with E-state index in [1.165, 1.54) is 108 Å². The minimum absolute atomic E-state index is 0.418. The van der Waals surface area contributed by atoms with Crippen LogP contribution in [0.25, 0.3) is 59.9 Å². The molecule has 0 aliphatic heterocycles. The second-order valence-corrected chi connectivity index (χ2v) is 19.4. The van der Waals surface area contributed by atoms with Gasteiger partial charge in [-0.2, -0.15) is 0 Å². The number of fused-ring (bicyclic) bond motifs is 6. The van der Waals surface area contributed by atoms with Crippen LogP contribution in [0.3, 0.4) is 0 Å². The van der Waals surface area contributed by atoms with E-state index >= 15 is 0 Å². The van der Waals surface area contributed by atoms with Gasteiger partial charge in [0.05, 0.1) is 0 Å². The fraction of sp³-hybridized carbons (Fsp3) is 0.226. The van der Waals surface area contributed by atoms with Gasteiger partial charge in [0, 0.05) is 52.3 Å². The molecular weight excluding hydrogens is 829 g/mol. The summed E-state index contributed by atoms with van der Waals surface area (Å²) >= 11 is 0. The van der Waals surface area contributed by atoms with E-state index in [1.54, 1.807) is 0 Å². The third-order valence-corrected chi connectivity index (χ3v) is 15.4. The molecule has 0 radical (unpaired) electrons. The quantitative estimate of drug-likeness (QED) is 0.142. The van der Waals surface area contributed by atoms with E-state index in [9.17, 15) is 0 Å². The molecule has 13 rings (SSSR count). The van der Waals surface area contributed by atoms with Gasteiger partial charge in [-0.25, -0.2) is 19.9 Å². The van der Waals surface area contributed by atoms with Crippen molar-refractivity contribution in [3.63, 3.8) is 0 Å². The van der Waals surface area contributed by atoms with Crippen molar-refractivity contribution in [2.24, 2.45) is 0 Å². The number of aryl methyl sites for hydroxylation is 1. The van der Waals surface area contributed by atoms with Crippen LogP contribution in [-0.2, 0) is 6.42 Å². The van der Waals surface area contributed by atoms with Gasteiger partial charge in [-0.3, -0.25) is 9.80 Å². The molecule has 10 aromatic rings. The molecule has 0 saturated heterocycles. The zero-order valence-corrected chi connectivity index (χ0v) is 38.5. The van der Waals surface area contributed by atoms with Gasteiger partial charge in [-0.1, -0.05) is 136 Å². The predicted molar refractivity (Wildman–Crippen MR) is 284 cm³/mol. The van der Waals surface area contributed by atoms with Gasteiger partial charge in [0.1, 0.15) is 23.3 Å². The van der Waals surface area contributed by atoms with Crippen molar-refractivity contribution in [1.29, 1.82) is 0 Å². The Labute approximate surface area is 398 Å². The van der Waals surface area contributed by atoms with Crippen LogP contribution in [0.15, 0.2) is 164 Å². The third-order valence-electron chi connectivity index (χ3n) is 15.4. The molecule has 4 aromatic heterocycles. The van der Waals surface area contributed by atoms with Crippen LogP contribution in [0.2, 0.25) is 0 Å². The first kappa shape index (κ1) is 40.8. The Morgan fingerprint density at radius 3 is 1.59 bits per heavy atom. The van der Waals surface area contributed by atoms with Gasteiger partial charge in [-0.05, 0) is 159 Å². The van der Waals surface area contributed by atoms with E-state index in [4.69, 9.17) is 19.9 Å². The Morgan fingerprint density at radius 2 is 0.941 bits per heavy atom. The van der Waals surface area contributed by atoms with E-state index in [0.717, 1.165) is 79.8 Å². The van der Waals surface area contributed by atoms with Crippen LogP contribution in [0.5, 0.6) is 0 Å². The van der Waals surface area contributed by atoms with Gasteiger partial charge < -0.3 is 0 Å². The number of benzene rings is 6. The molecule has 332 valence electrons. The van der Waals surface area contributed by atoms with Crippen molar-refractivity contribution in [3.05, 3.63) is 187 Å². The Hall–Kier alpha value is -7.44. The number of anilines is 6. The second-order valence-electron chi connectivity index (χ2n) is 19.4. The van der Waals surface area contributed by atoms with Crippen molar-refractivity contribution in [3.8, 4) is 0 Å². The molecule has 2 fully saturated rings. The number of allylic oxidation sites excluding steroid dienone is 1. The Kier molecular flexibility index (Phi) is 10.4. The van der Waals surface area contributed by atoms with Crippen molar-refractivity contribution in [2.45, 2.75) is 88.9 Å². The molecule has 2 saturated carbocycles. The minimum atomic E-state index is 0.418. The van der Waals surface area contributed by atoms with E-state index in [0.29, 0.717) is 11.8 Å². The number of rotatable bonds is 8. The zero-order chi connectivity index (χ0) is 45.0. The molecule has 0 amide bonds. The molecule has 6 nitrogen and oxygen atoms in total. The van der Waals surface area contributed by atoms with Crippen LogP contribution < -0.4 is 9.80 Å². The molecule has 3 aliphatic rings. The molecule has 3 aliphatic carbocycles. The number of nitrogens with zero attached hydrogens (tertiary/aromatic N) is 6. The van der Waals surface area contributed by atoms with Crippen LogP contribution in [0.4, 0.5) is 34.6 Å². The fourth-order valence-corrected chi connectivity index (χ4v) is 12.0. The maximum atomic E-state index is 5.22. The normalized spacial score (nSPS) is 15.6. The molecule has 0 spiro atoms. The van der Waals surface area contributed by atoms with Crippen molar-refractivity contribution in [2.75, 3.05) is 9.80 Å².